The highest BCUT2D eigenvalue weighted by atomic mass is 32.2. The maximum absolute atomic E-state index is 13.5. The summed E-state index contributed by atoms with van der Waals surface area (Å²) in [4.78, 5) is 3.74. The maximum Gasteiger partial charge on any atom is 0.142 e. The molecular formula is C12H7F2N3S. The van der Waals surface area contributed by atoms with Crippen LogP contribution in [0.3, 0.4) is 0 Å². The second kappa shape index (κ2) is 5.02. The number of benzene rings is 1. The molecule has 3 nitrogen and oxygen atoms in total. The van der Waals surface area contributed by atoms with Gasteiger partial charge in [-0.25, -0.2) is 13.8 Å². The molecular weight excluding hydrogens is 256 g/mol. The standard InChI is InChI=1S/C12H7F2N3S/c13-9-4-7(16)5-10(14)12(9)18-11-3-1-2-8(6-15)17-11/h1-5H,16H2. The lowest BCUT2D eigenvalue weighted by Gasteiger charge is -2.05. The third-order valence-corrected chi connectivity index (χ3v) is 3.10. The number of nitrogens with zero attached hydrogens (tertiary/aromatic N) is 2. The molecule has 0 saturated carbocycles. The molecule has 2 rings (SSSR count). The number of anilines is 1. The van der Waals surface area contributed by atoms with Crippen LogP contribution in [0.1, 0.15) is 5.69 Å². The number of aromatic nitrogens is 1. The Balaban J connectivity index is 2.37. The molecule has 1 heterocycles. The Hall–Kier alpha value is -2.13. The Morgan fingerprint density at radius 3 is 2.50 bits per heavy atom. The molecule has 0 aliphatic rings. The van der Waals surface area contributed by atoms with Crippen LogP contribution in [0.25, 0.3) is 0 Å². The van der Waals surface area contributed by atoms with E-state index in [9.17, 15) is 8.78 Å². The third-order valence-electron chi connectivity index (χ3n) is 2.07. The second-order valence-electron chi connectivity index (χ2n) is 3.39. The van der Waals surface area contributed by atoms with E-state index in [1.54, 1.807) is 12.1 Å². The molecule has 0 fully saturated rings. The van der Waals surface area contributed by atoms with Gasteiger partial charge in [-0.2, -0.15) is 5.26 Å². The van der Waals surface area contributed by atoms with E-state index >= 15 is 0 Å². The number of halogens is 2. The van der Waals surface area contributed by atoms with Crippen molar-refractivity contribution in [1.82, 2.24) is 4.98 Å². The summed E-state index contributed by atoms with van der Waals surface area (Å²) in [5.41, 5.74) is 5.53. The van der Waals surface area contributed by atoms with Crippen molar-refractivity contribution in [3.8, 4) is 6.07 Å². The van der Waals surface area contributed by atoms with Crippen molar-refractivity contribution < 1.29 is 8.78 Å². The number of hydrogen-bond acceptors (Lipinski definition) is 4. The molecule has 2 N–H and O–H groups in total. The molecule has 0 aliphatic heterocycles. The number of rotatable bonds is 2. The lowest BCUT2D eigenvalue weighted by Crippen LogP contribution is -1.94. The van der Waals surface area contributed by atoms with E-state index in [-0.39, 0.29) is 16.3 Å². The second-order valence-corrected chi connectivity index (χ2v) is 4.42. The van der Waals surface area contributed by atoms with Crippen LogP contribution in [0.15, 0.2) is 40.3 Å². The summed E-state index contributed by atoms with van der Waals surface area (Å²) < 4.78 is 27.1. The SMILES string of the molecule is N#Cc1cccc(Sc2c(F)cc(N)cc2F)n1. The largest absolute Gasteiger partial charge is 0.399 e. The van der Waals surface area contributed by atoms with Gasteiger partial charge in [0.2, 0.25) is 0 Å². The van der Waals surface area contributed by atoms with Gasteiger partial charge in [0.05, 0.1) is 4.90 Å². The summed E-state index contributed by atoms with van der Waals surface area (Å²) >= 11 is 0.811. The molecule has 1 aromatic carbocycles. The number of nitriles is 1. The molecule has 0 amide bonds. The Kier molecular flexibility index (Phi) is 3.44. The van der Waals surface area contributed by atoms with Crippen molar-refractivity contribution in [2.24, 2.45) is 0 Å². The van der Waals surface area contributed by atoms with Crippen molar-refractivity contribution in [3.05, 3.63) is 47.7 Å². The Bertz CT molecular complexity index is 614. The summed E-state index contributed by atoms with van der Waals surface area (Å²) in [6.45, 7) is 0. The fourth-order valence-electron chi connectivity index (χ4n) is 1.32. The number of hydrogen-bond donors (Lipinski definition) is 1. The first-order valence-electron chi connectivity index (χ1n) is 4.89. The van der Waals surface area contributed by atoms with Gasteiger partial charge in [0, 0.05) is 5.69 Å². The minimum Gasteiger partial charge on any atom is -0.399 e. The zero-order valence-corrected chi connectivity index (χ0v) is 9.84. The highest BCUT2D eigenvalue weighted by Gasteiger charge is 2.12. The molecule has 90 valence electrons. The van der Waals surface area contributed by atoms with E-state index in [4.69, 9.17) is 11.0 Å². The third kappa shape index (κ3) is 2.57. The van der Waals surface area contributed by atoms with Crippen molar-refractivity contribution in [1.29, 1.82) is 5.26 Å². The normalized spacial score (nSPS) is 10.1. The van der Waals surface area contributed by atoms with Gasteiger partial charge in [-0.05, 0) is 24.3 Å². The van der Waals surface area contributed by atoms with E-state index < -0.39 is 11.6 Å². The van der Waals surface area contributed by atoms with E-state index in [0.717, 1.165) is 23.9 Å². The first kappa shape index (κ1) is 12.3. The molecule has 0 unspecified atom stereocenters. The molecule has 0 spiro atoms. The molecule has 0 radical (unpaired) electrons. The monoisotopic (exact) mass is 263 g/mol. The molecule has 0 atom stereocenters. The highest BCUT2D eigenvalue weighted by molar-refractivity contribution is 7.99. The first-order chi connectivity index (χ1) is 8.60. The number of nitrogen functional groups attached to an aromatic ring is 1. The van der Waals surface area contributed by atoms with Crippen LogP contribution in [0.5, 0.6) is 0 Å². The molecule has 6 heteroatoms. The Morgan fingerprint density at radius 2 is 1.89 bits per heavy atom. The maximum atomic E-state index is 13.5. The van der Waals surface area contributed by atoms with Crippen LogP contribution < -0.4 is 5.73 Å². The summed E-state index contributed by atoms with van der Waals surface area (Å²) in [5, 5.41) is 9.03. The van der Waals surface area contributed by atoms with Crippen molar-refractivity contribution in [2.45, 2.75) is 9.92 Å². The fraction of sp³-hybridized carbons (Fsp3) is 0. The van der Waals surface area contributed by atoms with Gasteiger partial charge >= 0.3 is 0 Å². The Morgan fingerprint density at radius 1 is 1.22 bits per heavy atom. The minimum absolute atomic E-state index is 0.0214. The van der Waals surface area contributed by atoms with E-state index in [0.29, 0.717) is 5.03 Å². The van der Waals surface area contributed by atoms with Crippen molar-refractivity contribution >= 4 is 17.4 Å². The molecule has 0 saturated heterocycles. The zero-order valence-electron chi connectivity index (χ0n) is 9.02. The van der Waals surface area contributed by atoms with Crippen LogP contribution in [-0.2, 0) is 0 Å². The fourth-order valence-corrected chi connectivity index (χ4v) is 2.13. The Labute approximate surface area is 106 Å². The predicted octanol–water partition coefficient (Wildman–Crippen LogP) is 2.96. The molecule has 18 heavy (non-hydrogen) atoms. The van der Waals surface area contributed by atoms with Gasteiger partial charge in [-0.15, -0.1) is 0 Å². The van der Waals surface area contributed by atoms with Crippen LogP contribution >= 0.6 is 11.8 Å². The topological polar surface area (TPSA) is 62.7 Å². The van der Waals surface area contributed by atoms with Gasteiger partial charge in [0.1, 0.15) is 28.4 Å². The average molecular weight is 263 g/mol. The quantitative estimate of drug-likeness (QED) is 0.846. The van der Waals surface area contributed by atoms with Gasteiger partial charge in [0.25, 0.3) is 0 Å². The first-order valence-corrected chi connectivity index (χ1v) is 5.71. The molecule has 2 aromatic rings. The molecule has 0 aliphatic carbocycles. The van der Waals surface area contributed by atoms with Gasteiger partial charge < -0.3 is 5.73 Å². The van der Waals surface area contributed by atoms with Crippen LogP contribution in [-0.4, -0.2) is 4.98 Å². The predicted molar refractivity (Wildman–Crippen MR) is 63.8 cm³/mol. The lowest BCUT2D eigenvalue weighted by molar-refractivity contribution is 0.541. The van der Waals surface area contributed by atoms with Crippen molar-refractivity contribution in [2.75, 3.05) is 5.73 Å². The van der Waals surface area contributed by atoms with Crippen LogP contribution in [0, 0.1) is 23.0 Å². The smallest absolute Gasteiger partial charge is 0.142 e. The van der Waals surface area contributed by atoms with E-state index in [1.165, 1.54) is 6.07 Å². The molecule has 0 bridgehead atoms. The summed E-state index contributed by atoms with van der Waals surface area (Å²) in [6, 6.07) is 8.62. The highest BCUT2D eigenvalue weighted by Crippen LogP contribution is 2.32. The minimum atomic E-state index is -0.748. The number of nitrogens with two attached hydrogens (primary N) is 1. The van der Waals surface area contributed by atoms with Crippen LogP contribution in [0.2, 0.25) is 0 Å². The van der Waals surface area contributed by atoms with Gasteiger partial charge in [0.15, 0.2) is 0 Å². The number of pyridine rings is 1. The summed E-state index contributed by atoms with van der Waals surface area (Å²) in [7, 11) is 0. The molecule has 1 aromatic heterocycles. The summed E-state index contributed by atoms with van der Waals surface area (Å²) in [6.07, 6.45) is 0. The van der Waals surface area contributed by atoms with Crippen LogP contribution in [0.4, 0.5) is 14.5 Å². The lowest BCUT2D eigenvalue weighted by atomic mass is 10.3. The van der Waals surface area contributed by atoms with Gasteiger partial charge in [-0.3, -0.25) is 0 Å². The van der Waals surface area contributed by atoms with Crippen molar-refractivity contribution in [3.63, 3.8) is 0 Å². The van der Waals surface area contributed by atoms with E-state index in [1.807, 2.05) is 6.07 Å². The van der Waals surface area contributed by atoms with Gasteiger partial charge in [-0.1, -0.05) is 17.8 Å². The zero-order chi connectivity index (χ0) is 13.1. The van der Waals surface area contributed by atoms with E-state index in [2.05, 4.69) is 4.98 Å². The summed E-state index contributed by atoms with van der Waals surface area (Å²) in [5.74, 6) is -1.50. The average Bonchev–Trinajstić information content (AvgIpc) is 2.34.